The molecule has 0 aliphatic heterocycles. The van der Waals surface area contributed by atoms with Crippen LogP contribution >= 0.6 is 11.6 Å². The second-order valence-electron chi connectivity index (χ2n) is 3.46. The lowest BCUT2D eigenvalue weighted by molar-refractivity contribution is -0.384. The second kappa shape index (κ2) is 4.55. The van der Waals surface area contributed by atoms with E-state index in [2.05, 4.69) is 4.98 Å². The smallest absolute Gasteiger partial charge is 0.294 e. The van der Waals surface area contributed by atoms with Gasteiger partial charge < -0.3 is 0 Å². The fraction of sp³-hybridized carbons (Fsp3) is 0.182. The van der Waals surface area contributed by atoms with E-state index in [0.717, 1.165) is 5.82 Å². The highest BCUT2D eigenvalue weighted by atomic mass is 35.5. The monoisotopic (exact) mass is 251 g/mol. The molecule has 0 amide bonds. The van der Waals surface area contributed by atoms with Gasteiger partial charge in [0.05, 0.1) is 4.92 Å². The third kappa shape index (κ3) is 2.14. The molecule has 2 aromatic rings. The summed E-state index contributed by atoms with van der Waals surface area (Å²) in [5, 5.41) is 11.3. The fourth-order valence-electron chi connectivity index (χ4n) is 1.66. The molecule has 0 unspecified atom stereocenters. The highest BCUT2D eigenvalue weighted by Gasteiger charge is 2.17. The largest absolute Gasteiger partial charge is 0.298 e. The summed E-state index contributed by atoms with van der Waals surface area (Å²) in [4.78, 5) is 14.7. The average molecular weight is 252 g/mol. The van der Waals surface area contributed by atoms with Crippen molar-refractivity contribution in [2.24, 2.45) is 0 Å². The molecule has 0 saturated carbocycles. The number of halogens is 1. The third-order valence-corrected chi connectivity index (χ3v) is 2.66. The van der Waals surface area contributed by atoms with Crippen molar-refractivity contribution in [3.05, 3.63) is 51.6 Å². The molecule has 88 valence electrons. The van der Waals surface area contributed by atoms with Crippen LogP contribution in [0.4, 0.5) is 5.69 Å². The topological polar surface area (TPSA) is 61.0 Å². The van der Waals surface area contributed by atoms with E-state index in [-0.39, 0.29) is 5.69 Å². The van der Waals surface area contributed by atoms with Crippen molar-refractivity contribution >= 4 is 17.3 Å². The van der Waals surface area contributed by atoms with Crippen LogP contribution in [0, 0.1) is 10.1 Å². The first kappa shape index (κ1) is 11.6. The maximum absolute atomic E-state index is 11.0. The van der Waals surface area contributed by atoms with Crippen molar-refractivity contribution in [1.82, 2.24) is 9.55 Å². The number of hydrogen-bond acceptors (Lipinski definition) is 3. The summed E-state index contributed by atoms with van der Waals surface area (Å²) in [7, 11) is 0. The van der Waals surface area contributed by atoms with Crippen LogP contribution in [0.15, 0.2) is 30.6 Å². The van der Waals surface area contributed by atoms with Gasteiger partial charge in [-0.3, -0.25) is 14.7 Å². The summed E-state index contributed by atoms with van der Waals surface area (Å²) >= 11 is 5.77. The molecule has 2 rings (SSSR count). The molecule has 0 bridgehead atoms. The standard InChI is InChI=1S/C11H10ClN3O2/c1-2-11-13-5-6-14(11)9-4-3-8(12)7-10(9)15(16)17/h3-7H,2H2,1H3. The fourth-order valence-corrected chi connectivity index (χ4v) is 1.83. The number of nitro groups is 1. The van der Waals surface area contributed by atoms with E-state index in [4.69, 9.17) is 11.6 Å². The van der Waals surface area contributed by atoms with Crippen LogP contribution in [-0.2, 0) is 6.42 Å². The molecule has 1 aromatic carbocycles. The molecule has 0 fully saturated rings. The van der Waals surface area contributed by atoms with Gasteiger partial charge in [0.25, 0.3) is 5.69 Å². The zero-order valence-electron chi connectivity index (χ0n) is 9.13. The van der Waals surface area contributed by atoms with E-state index in [0.29, 0.717) is 17.1 Å². The van der Waals surface area contributed by atoms with Gasteiger partial charge in [0.2, 0.25) is 0 Å². The molecule has 0 N–H and O–H groups in total. The quantitative estimate of drug-likeness (QED) is 0.622. The Morgan fingerprint density at radius 1 is 1.53 bits per heavy atom. The number of rotatable bonds is 3. The number of nitro benzene ring substituents is 1. The van der Waals surface area contributed by atoms with Crippen molar-refractivity contribution < 1.29 is 4.92 Å². The van der Waals surface area contributed by atoms with Crippen LogP contribution in [0.3, 0.4) is 0 Å². The van der Waals surface area contributed by atoms with Gasteiger partial charge in [-0.15, -0.1) is 0 Å². The van der Waals surface area contributed by atoms with Gasteiger partial charge in [0.1, 0.15) is 11.5 Å². The first-order valence-corrected chi connectivity index (χ1v) is 5.47. The Labute approximate surface area is 103 Å². The Morgan fingerprint density at radius 2 is 2.29 bits per heavy atom. The Morgan fingerprint density at radius 3 is 2.94 bits per heavy atom. The van der Waals surface area contributed by atoms with Crippen LogP contribution in [0.25, 0.3) is 5.69 Å². The normalized spacial score (nSPS) is 10.5. The van der Waals surface area contributed by atoms with Crippen LogP contribution < -0.4 is 0 Å². The third-order valence-electron chi connectivity index (χ3n) is 2.43. The molecule has 17 heavy (non-hydrogen) atoms. The number of hydrogen-bond donors (Lipinski definition) is 0. The van der Waals surface area contributed by atoms with Crippen molar-refractivity contribution in [2.75, 3.05) is 0 Å². The van der Waals surface area contributed by atoms with Crippen LogP contribution in [-0.4, -0.2) is 14.5 Å². The van der Waals surface area contributed by atoms with E-state index in [9.17, 15) is 10.1 Å². The zero-order valence-corrected chi connectivity index (χ0v) is 9.89. The van der Waals surface area contributed by atoms with Gasteiger partial charge in [-0.25, -0.2) is 4.98 Å². The lowest BCUT2D eigenvalue weighted by atomic mass is 10.2. The lowest BCUT2D eigenvalue weighted by Gasteiger charge is -2.07. The van der Waals surface area contributed by atoms with Crippen molar-refractivity contribution in [3.8, 4) is 5.69 Å². The number of nitrogens with zero attached hydrogens (tertiary/aromatic N) is 3. The lowest BCUT2D eigenvalue weighted by Crippen LogP contribution is -2.03. The van der Waals surface area contributed by atoms with Gasteiger partial charge >= 0.3 is 0 Å². The van der Waals surface area contributed by atoms with E-state index in [1.165, 1.54) is 6.07 Å². The molecule has 0 aliphatic rings. The number of aryl methyl sites for hydroxylation is 1. The van der Waals surface area contributed by atoms with Gasteiger partial charge in [-0.2, -0.15) is 0 Å². The summed E-state index contributed by atoms with van der Waals surface area (Å²) in [5.41, 5.74) is 0.457. The van der Waals surface area contributed by atoms with Crippen molar-refractivity contribution in [2.45, 2.75) is 13.3 Å². The second-order valence-corrected chi connectivity index (χ2v) is 3.89. The molecule has 0 spiro atoms. The van der Waals surface area contributed by atoms with E-state index >= 15 is 0 Å². The first-order valence-electron chi connectivity index (χ1n) is 5.10. The van der Waals surface area contributed by atoms with Gasteiger partial charge in [-0.1, -0.05) is 18.5 Å². The summed E-state index contributed by atoms with van der Waals surface area (Å²) in [6, 6.07) is 4.60. The van der Waals surface area contributed by atoms with Gasteiger partial charge in [0.15, 0.2) is 0 Å². The predicted octanol–water partition coefficient (Wildman–Crippen LogP) is 3.00. The first-order chi connectivity index (χ1) is 8.13. The zero-order chi connectivity index (χ0) is 12.4. The Balaban J connectivity index is 2.63. The van der Waals surface area contributed by atoms with Crippen LogP contribution in [0.5, 0.6) is 0 Å². The molecule has 1 aromatic heterocycles. The molecule has 0 saturated heterocycles. The Hall–Kier alpha value is -1.88. The minimum Gasteiger partial charge on any atom is -0.298 e. The molecule has 1 heterocycles. The highest BCUT2D eigenvalue weighted by Crippen LogP contribution is 2.27. The highest BCUT2D eigenvalue weighted by molar-refractivity contribution is 6.30. The summed E-state index contributed by atoms with van der Waals surface area (Å²) < 4.78 is 1.70. The maximum Gasteiger partial charge on any atom is 0.294 e. The van der Waals surface area contributed by atoms with Gasteiger partial charge in [0, 0.05) is 29.9 Å². The molecule has 6 heteroatoms. The van der Waals surface area contributed by atoms with Crippen molar-refractivity contribution in [1.29, 1.82) is 0 Å². The predicted molar refractivity (Wildman–Crippen MR) is 64.6 cm³/mol. The van der Waals surface area contributed by atoms with E-state index in [1.54, 1.807) is 29.1 Å². The average Bonchev–Trinajstić information content (AvgIpc) is 2.76. The summed E-state index contributed by atoms with van der Waals surface area (Å²) in [6.45, 7) is 1.95. The van der Waals surface area contributed by atoms with Crippen molar-refractivity contribution in [3.63, 3.8) is 0 Å². The molecule has 0 radical (unpaired) electrons. The van der Waals surface area contributed by atoms with Gasteiger partial charge in [-0.05, 0) is 12.1 Å². The number of imidazole rings is 1. The Kier molecular flexibility index (Phi) is 3.10. The molecule has 0 aliphatic carbocycles. The minimum atomic E-state index is -0.444. The Bertz CT molecular complexity index is 566. The molecular formula is C11H10ClN3O2. The maximum atomic E-state index is 11.0. The SMILES string of the molecule is CCc1nccn1-c1ccc(Cl)cc1[N+](=O)[O-]. The minimum absolute atomic E-state index is 0.0230. The molecule has 0 atom stereocenters. The summed E-state index contributed by atoms with van der Waals surface area (Å²) in [6.07, 6.45) is 4.03. The summed E-state index contributed by atoms with van der Waals surface area (Å²) in [5.74, 6) is 0.774. The number of aromatic nitrogens is 2. The van der Waals surface area contributed by atoms with Crippen LogP contribution in [0.1, 0.15) is 12.7 Å². The van der Waals surface area contributed by atoms with E-state index < -0.39 is 4.92 Å². The number of benzene rings is 1. The van der Waals surface area contributed by atoms with E-state index in [1.807, 2.05) is 6.92 Å². The molecule has 5 nitrogen and oxygen atoms in total. The molecular weight excluding hydrogens is 242 g/mol. The van der Waals surface area contributed by atoms with Crippen LogP contribution in [0.2, 0.25) is 5.02 Å².